The molecule has 1 amide bonds. The van der Waals surface area contributed by atoms with E-state index in [-0.39, 0.29) is 11.8 Å². The van der Waals surface area contributed by atoms with Gasteiger partial charge in [0.2, 0.25) is 5.78 Å². The molecule has 0 aliphatic carbocycles. The van der Waals surface area contributed by atoms with Crippen molar-refractivity contribution in [3.05, 3.63) is 93.7 Å². The summed E-state index contributed by atoms with van der Waals surface area (Å²) >= 11 is 1.45. The van der Waals surface area contributed by atoms with Gasteiger partial charge in [0.1, 0.15) is 6.54 Å². The highest BCUT2D eigenvalue weighted by Crippen LogP contribution is 2.35. The zero-order chi connectivity index (χ0) is 26.0. The fraction of sp³-hybridized carbons (Fsp3) is 0.357. The highest BCUT2D eigenvalue weighted by molar-refractivity contribution is 7.12. The van der Waals surface area contributed by atoms with Gasteiger partial charge >= 0.3 is 12.3 Å². The predicted octanol–water partition coefficient (Wildman–Crippen LogP) is 6.07. The van der Waals surface area contributed by atoms with Gasteiger partial charge in [0, 0.05) is 12.8 Å². The molecule has 1 N–H and O–H groups in total. The number of amides is 1. The number of Topliss-reactive ketones (excluding diaryl/α,β-unsaturated/α-hetero) is 1. The lowest BCUT2D eigenvalue weighted by atomic mass is 9.81. The maximum Gasteiger partial charge on any atom is 0.416 e. The first kappa shape index (κ1) is 25.5. The molecule has 0 radical (unpaired) electrons. The number of nitrogens with one attached hydrogen (secondary N) is 1. The van der Waals surface area contributed by atoms with Crippen LogP contribution in [0.2, 0.25) is 0 Å². The Labute approximate surface area is 217 Å². The van der Waals surface area contributed by atoms with E-state index in [2.05, 4.69) is 5.32 Å². The summed E-state index contributed by atoms with van der Waals surface area (Å²) in [6.45, 7) is 2.90. The van der Waals surface area contributed by atoms with Crippen molar-refractivity contribution in [2.75, 3.05) is 26.2 Å². The van der Waals surface area contributed by atoms with Crippen molar-refractivity contribution in [1.29, 1.82) is 0 Å². The first-order valence-corrected chi connectivity index (χ1v) is 13.2. The molecule has 9 heteroatoms. The highest BCUT2D eigenvalue weighted by Gasteiger charge is 2.47. The number of quaternary nitrogens is 1. The standard InChI is InChI=1S/C28H27F3N2O3S/c29-28(30,31)22-10-8-21(9-11-22)26(20-5-2-1-3-6-20)36-27(35)32-23-17-33(14-12-19(23)13-15-33)18-24(34)25-7-4-16-37-25/h1-11,16,19,23,26H,12-15,17-18H2/p+1/t19?,23-,26?,33?/m0/s1. The fourth-order valence-electron chi connectivity index (χ4n) is 5.59. The van der Waals surface area contributed by atoms with E-state index in [4.69, 9.17) is 4.74 Å². The lowest BCUT2D eigenvalue weighted by Gasteiger charge is -2.52. The normalized spacial score (nSPS) is 23.9. The van der Waals surface area contributed by atoms with Crippen LogP contribution in [0.25, 0.3) is 0 Å². The van der Waals surface area contributed by atoms with Crippen LogP contribution in [0.5, 0.6) is 0 Å². The highest BCUT2D eigenvalue weighted by atomic mass is 32.1. The number of ether oxygens (including phenoxy) is 1. The first-order valence-electron chi connectivity index (χ1n) is 12.3. The molecule has 37 heavy (non-hydrogen) atoms. The number of rotatable bonds is 7. The molecule has 194 valence electrons. The largest absolute Gasteiger partial charge is 0.436 e. The SMILES string of the molecule is O=C(N[C@H]1C[N+]2(CC(=O)c3cccs3)CCC1CC2)OC(c1ccccc1)c1ccc(C(F)(F)F)cc1. The molecule has 0 spiro atoms. The molecule has 1 aromatic heterocycles. The van der Waals surface area contributed by atoms with E-state index < -0.39 is 23.9 Å². The van der Waals surface area contributed by atoms with Crippen LogP contribution in [0.3, 0.4) is 0 Å². The number of halogens is 3. The van der Waals surface area contributed by atoms with E-state index >= 15 is 0 Å². The number of hydrogen-bond donors (Lipinski definition) is 1. The van der Waals surface area contributed by atoms with Gasteiger partial charge in [0.15, 0.2) is 6.10 Å². The molecule has 3 fully saturated rings. The number of carbonyl (C=O) groups is 2. The Hall–Kier alpha value is -3.17. The molecular weight excluding hydrogens is 501 g/mol. The van der Waals surface area contributed by atoms with Crippen LogP contribution >= 0.6 is 11.3 Å². The minimum Gasteiger partial charge on any atom is -0.436 e. The number of alkyl halides is 3. The summed E-state index contributed by atoms with van der Waals surface area (Å²) in [5.74, 6) is 0.439. The number of nitrogens with zero attached hydrogens (tertiary/aromatic N) is 1. The summed E-state index contributed by atoms with van der Waals surface area (Å²) in [5.41, 5.74) is 0.357. The van der Waals surface area contributed by atoms with Crippen molar-refractivity contribution in [1.82, 2.24) is 5.32 Å². The Morgan fingerprint density at radius 2 is 1.65 bits per heavy atom. The van der Waals surface area contributed by atoms with Crippen LogP contribution in [0.1, 0.15) is 45.3 Å². The molecular formula is C28H28F3N2O3S+. The number of hydrogen-bond acceptors (Lipinski definition) is 4. The third-order valence-electron chi connectivity index (χ3n) is 7.55. The van der Waals surface area contributed by atoms with Crippen LogP contribution in [0.4, 0.5) is 18.0 Å². The van der Waals surface area contributed by atoms with E-state index in [1.165, 1.54) is 23.5 Å². The summed E-state index contributed by atoms with van der Waals surface area (Å²) in [7, 11) is 0. The molecule has 3 aliphatic heterocycles. The number of fused-ring (bicyclic) bond motifs is 3. The van der Waals surface area contributed by atoms with Gasteiger partial charge in [0.05, 0.1) is 36.1 Å². The topological polar surface area (TPSA) is 55.4 Å². The molecule has 3 saturated heterocycles. The van der Waals surface area contributed by atoms with Crippen molar-refractivity contribution in [2.24, 2.45) is 5.92 Å². The van der Waals surface area contributed by atoms with Gasteiger partial charge in [-0.25, -0.2) is 4.79 Å². The second-order valence-electron chi connectivity index (χ2n) is 9.93. The number of carbonyl (C=O) groups excluding carboxylic acids is 2. The molecule has 2 atom stereocenters. The monoisotopic (exact) mass is 529 g/mol. The Bertz CT molecular complexity index is 1220. The number of benzene rings is 2. The molecule has 4 heterocycles. The van der Waals surface area contributed by atoms with E-state index in [1.807, 2.05) is 23.6 Å². The number of piperidine rings is 3. The van der Waals surface area contributed by atoms with Crippen molar-refractivity contribution in [3.8, 4) is 0 Å². The average molecular weight is 530 g/mol. The van der Waals surface area contributed by atoms with Gasteiger partial charge in [-0.3, -0.25) is 4.79 Å². The summed E-state index contributed by atoms with van der Waals surface area (Å²) in [6.07, 6.45) is -4.07. The molecule has 2 bridgehead atoms. The summed E-state index contributed by atoms with van der Waals surface area (Å²) in [5, 5.41) is 4.92. The minimum absolute atomic E-state index is 0.128. The van der Waals surface area contributed by atoms with Crippen molar-refractivity contribution in [2.45, 2.75) is 31.2 Å². The zero-order valence-corrected chi connectivity index (χ0v) is 20.9. The Balaban J connectivity index is 1.29. The fourth-order valence-corrected chi connectivity index (χ4v) is 6.25. The lowest BCUT2D eigenvalue weighted by Crippen LogP contribution is -2.68. The third-order valence-corrected chi connectivity index (χ3v) is 8.46. The van der Waals surface area contributed by atoms with Gasteiger partial charge in [-0.15, -0.1) is 11.3 Å². The van der Waals surface area contributed by atoms with Crippen molar-refractivity contribution in [3.63, 3.8) is 0 Å². The minimum atomic E-state index is -4.45. The number of ketones is 1. The number of alkyl carbamates (subject to hydrolysis) is 1. The van der Waals surface area contributed by atoms with Gasteiger partial charge in [0.25, 0.3) is 0 Å². The first-order chi connectivity index (χ1) is 17.7. The second-order valence-corrected chi connectivity index (χ2v) is 10.9. The molecule has 1 unspecified atom stereocenters. The van der Waals surface area contributed by atoms with Crippen LogP contribution in [-0.2, 0) is 10.9 Å². The van der Waals surface area contributed by atoms with Gasteiger partial charge in [-0.1, -0.05) is 48.5 Å². The van der Waals surface area contributed by atoms with Gasteiger partial charge < -0.3 is 14.5 Å². The third kappa shape index (κ3) is 5.72. The van der Waals surface area contributed by atoms with Gasteiger partial charge in [-0.05, 0) is 40.6 Å². The average Bonchev–Trinajstić information content (AvgIpc) is 3.43. The lowest BCUT2D eigenvalue weighted by molar-refractivity contribution is -0.936. The maximum atomic E-state index is 13.1. The predicted molar refractivity (Wildman–Crippen MR) is 134 cm³/mol. The molecule has 0 saturated carbocycles. The van der Waals surface area contributed by atoms with Crippen LogP contribution < -0.4 is 5.32 Å². The van der Waals surface area contributed by atoms with Gasteiger partial charge in [-0.2, -0.15) is 13.2 Å². The summed E-state index contributed by atoms with van der Waals surface area (Å²) < 4.78 is 45.7. The summed E-state index contributed by atoms with van der Waals surface area (Å²) in [4.78, 5) is 26.7. The van der Waals surface area contributed by atoms with E-state index in [1.54, 1.807) is 24.3 Å². The zero-order valence-electron chi connectivity index (χ0n) is 20.1. The quantitative estimate of drug-likeness (QED) is 0.298. The molecule has 3 aliphatic rings. The molecule has 6 rings (SSSR count). The van der Waals surface area contributed by atoms with E-state index in [9.17, 15) is 22.8 Å². The smallest absolute Gasteiger partial charge is 0.416 e. The van der Waals surface area contributed by atoms with Crippen molar-refractivity contribution >= 4 is 23.2 Å². The maximum absolute atomic E-state index is 13.1. The van der Waals surface area contributed by atoms with E-state index in [0.29, 0.717) is 34.6 Å². The second kappa shape index (κ2) is 10.3. The Morgan fingerprint density at radius 3 is 2.27 bits per heavy atom. The van der Waals surface area contributed by atoms with Crippen LogP contribution in [-0.4, -0.2) is 48.6 Å². The molecule has 2 aromatic carbocycles. The number of thiophene rings is 1. The Morgan fingerprint density at radius 1 is 0.973 bits per heavy atom. The van der Waals surface area contributed by atoms with Crippen LogP contribution in [0, 0.1) is 5.92 Å². The Kier molecular flexibility index (Phi) is 7.09. The van der Waals surface area contributed by atoms with Crippen LogP contribution in [0.15, 0.2) is 72.1 Å². The van der Waals surface area contributed by atoms with E-state index in [0.717, 1.165) is 42.9 Å². The molecule has 5 nitrogen and oxygen atoms in total. The summed E-state index contributed by atoms with van der Waals surface area (Å²) in [6, 6.07) is 17.2. The molecule has 3 aromatic rings. The van der Waals surface area contributed by atoms with Crippen molar-refractivity contribution < 1.29 is 32.0 Å².